The van der Waals surface area contributed by atoms with Crippen LogP contribution in [-0.2, 0) is 17.6 Å². The predicted octanol–water partition coefficient (Wildman–Crippen LogP) is 5.29. The molecule has 5 nitrogen and oxygen atoms in total. The van der Waals surface area contributed by atoms with Crippen LogP contribution < -0.4 is 5.56 Å². The number of amides is 1. The Labute approximate surface area is 203 Å². The van der Waals surface area contributed by atoms with Gasteiger partial charge in [0.1, 0.15) is 4.83 Å². The summed E-state index contributed by atoms with van der Waals surface area (Å²) in [6.07, 6.45) is 6.42. The highest BCUT2D eigenvalue weighted by Gasteiger charge is 2.25. The average Bonchev–Trinajstić information content (AvgIpc) is 3.17. The number of aryl methyl sites for hydroxylation is 4. The van der Waals surface area contributed by atoms with Gasteiger partial charge < -0.3 is 4.90 Å². The van der Waals surface area contributed by atoms with Crippen molar-refractivity contribution < 1.29 is 4.79 Å². The lowest BCUT2D eigenvalue weighted by atomic mass is 9.97. The van der Waals surface area contributed by atoms with Crippen LogP contribution in [0, 0.1) is 19.8 Å². The van der Waals surface area contributed by atoms with Crippen molar-refractivity contribution in [3.8, 4) is 5.69 Å². The molecule has 2 aromatic heterocycles. The van der Waals surface area contributed by atoms with Crippen LogP contribution in [0.4, 0.5) is 0 Å². The molecule has 1 amide bonds. The van der Waals surface area contributed by atoms with Gasteiger partial charge >= 0.3 is 0 Å². The van der Waals surface area contributed by atoms with Crippen LogP contribution >= 0.6 is 23.1 Å². The summed E-state index contributed by atoms with van der Waals surface area (Å²) < 4.78 is 1.76. The molecular weight excluding hydrogens is 450 g/mol. The summed E-state index contributed by atoms with van der Waals surface area (Å²) in [5, 5.41) is 1.41. The maximum absolute atomic E-state index is 13.9. The van der Waals surface area contributed by atoms with Crippen LogP contribution in [0.5, 0.6) is 0 Å². The molecule has 1 aliphatic carbocycles. The van der Waals surface area contributed by atoms with Crippen molar-refractivity contribution in [2.45, 2.75) is 64.5 Å². The largest absolute Gasteiger partial charge is 0.342 e. The highest BCUT2D eigenvalue weighted by molar-refractivity contribution is 7.99. The Bertz CT molecular complexity index is 1270. The second kappa shape index (κ2) is 9.26. The fourth-order valence-electron chi connectivity index (χ4n) is 5.03. The van der Waals surface area contributed by atoms with E-state index in [0.29, 0.717) is 16.8 Å². The van der Waals surface area contributed by atoms with Crippen molar-refractivity contribution in [1.82, 2.24) is 14.5 Å². The molecule has 3 aromatic rings. The summed E-state index contributed by atoms with van der Waals surface area (Å²) in [5.74, 6) is 1.13. The first kappa shape index (κ1) is 22.7. The molecule has 1 fully saturated rings. The minimum absolute atomic E-state index is 0.00750. The summed E-state index contributed by atoms with van der Waals surface area (Å²) >= 11 is 3.07. The molecule has 3 heterocycles. The molecule has 0 saturated carbocycles. The molecule has 0 atom stereocenters. The van der Waals surface area contributed by atoms with Crippen LogP contribution in [0.25, 0.3) is 15.9 Å². The molecule has 0 N–H and O–H groups in total. The Morgan fingerprint density at radius 3 is 2.70 bits per heavy atom. The third-order valence-electron chi connectivity index (χ3n) is 7.01. The van der Waals surface area contributed by atoms with E-state index in [1.807, 2.05) is 24.0 Å². The number of fused-ring (bicyclic) bond motifs is 3. The van der Waals surface area contributed by atoms with E-state index < -0.39 is 0 Å². The molecule has 0 radical (unpaired) electrons. The number of hydrogen-bond donors (Lipinski definition) is 0. The summed E-state index contributed by atoms with van der Waals surface area (Å²) in [6.45, 7) is 8.00. The van der Waals surface area contributed by atoms with Gasteiger partial charge in [-0.1, -0.05) is 36.4 Å². The van der Waals surface area contributed by atoms with Crippen LogP contribution in [0.3, 0.4) is 0 Å². The van der Waals surface area contributed by atoms with Gasteiger partial charge in [0.15, 0.2) is 5.16 Å². The third kappa shape index (κ3) is 4.37. The van der Waals surface area contributed by atoms with Gasteiger partial charge in [0.25, 0.3) is 5.56 Å². The first-order valence-electron chi connectivity index (χ1n) is 12.0. The quantitative estimate of drug-likeness (QED) is 0.375. The van der Waals surface area contributed by atoms with Crippen molar-refractivity contribution in [3.05, 3.63) is 50.1 Å². The van der Waals surface area contributed by atoms with E-state index in [9.17, 15) is 9.59 Å². The van der Waals surface area contributed by atoms with Crippen LogP contribution in [0.2, 0.25) is 0 Å². The molecule has 5 rings (SSSR count). The highest BCUT2D eigenvalue weighted by Crippen LogP contribution is 2.35. The summed E-state index contributed by atoms with van der Waals surface area (Å²) in [5.41, 5.74) is 4.27. The van der Waals surface area contributed by atoms with Crippen molar-refractivity contribution in [2.24, 2.45) is 5.92 Å². The molecule has 0 spiro atoms. The van der Waals surface area contributed by atoms with Gasteiger partial charge in [-0.15, -0.1) is 11.3 Å². The SMILES string of the molecule is Cc1ccc(-n2c(SCC(=O)N3CCC(C)CC3)nc3sc4c(c3c2=O)CCCC4)c(C)c1. The second-order valence-electron chi connectivity index (χ2n) is 9.57. The smallest absolute Gasteiger partial charge is 0.267 e. The zero-order valence-corrected chi connectivity index (χ0v) is 21.3. The summed E-state index contributed by atoms with van der Waals surface area (Å²) in [6, 6.07) is 6.15. The lowest BCUT2D eigenvalue weighted by Gasteiger charge is -2.30. The Morgan fingerprint density at radius 2 is 1.94 bits per heavy atom. The van der Waals surface area contributed by atoms with Gasteiger partial charge in [0.05, 0.1) is 16.8 Å². The maximum Gasteiger partial charge on any atom is 0.267 e. The molecule has 2 aliphatic rings. The van der Waals surface area contributed by atoms with Crippen molar-refractivity contribution in [1.29, 1.82) is 0 Å². The minimum Gasteiger partial charge on any atom is -0.342 e. The third-order valence-corrected chi connectivity index (χ3v) is 9.12. The maximum atomic E-state index is 13.9. The number of carbonyl (C=O) groups excluding carboxylic acids is 1. The van der Waals surface area contributed by atoms with Crippen molar-refractivity contribution in [2.75, 3.05) is 18.8 Å². The van der Waals surface area contributed by atoms with E-state index in [-0.39, 0.29) is 11.5 Å². The molecule has 0 bridgehead atoms. The topological polar surface area (TPSA) is 55.2 Å². The van der Waals surface area contributed by atoms with Gasteiger partial charge in [0.2, 0.25) is 5.91 Å². The molecule has 33 heavy (non-hydrogen) atoms. The van der Waals surface area contributed by atoms with E-state index in [1.54, 1.807) is 15.9 Å². The molecule has 174 valence electrons. The van der Waals surface area contributed by atoms with E-state index in [1.165, 1.54) is 28.6 Å². The minimum atomic E-state index is 0.00750. The number of aromatic nitrogens is 2. The van der Waals surface area contributed by atoms with Crippen LogP contribution in [0.15, 0.2) is 28.2 Å². The van der Waals surface area contributed by atoms with E-state index in [4.69, 9.17) is 4.98 Å². The molecule has 0 unspecified atom stereocenters. The van der Waals surface area contributed by atoms with Crippen molar-refractivity contribution >= 4 is 39.2 Å². The number of likely N-dealkylation sites (tertiary alicyclic amines) is 1. The van der Waals surface area contributed by atoms with Crippen LogP contribution in [0.1, 0.15) is 54.2 Å². The standard InChI is InChI=1S/C26H31N3O2S2/c1-16-10-12-28(13-11-16)22(30)15-32-26-27-24-23(19-6-4-5-7-21(19)33-24)25(31)29(26)20-9-8-17(2)14-18(20)3/h8-9,14,16H,4-7,10-13,15H2,1-3H3. The number of rotatable bonds is 4. The number of piperidine rings is 1. The van der Waals surface area contributed by atoms with Crippen LogP contribution in [-0.4, -0.2) is 39.2 Å². The average molecular weight is 482 g/mol. The highest BCUT2D eigenvalue weighted by atomic mass is 32.2. The predicted molar refractivity (Wildman–Crippen MR) is 137 cm³/mol. The lowest BCUT2D eigenvalue weighted by molar-refractivity contribution is -0.129. The van der Waals surface area contributed by atoms with Gasteiger partial charge in [-0.3, -0.25) is 14.2 Å². The fraction of sp³-hybridized carbons (Fsp3) is 0.500. The van der Waals surface area contributed by atoms with Gasteiger partial charge in [-0.25, -0.2) is 4.98 Å². The van der Waals surface area contributed by atoms with E-state index in [0.717, 1.165) is 72.2 Å². The number of thiophene rings is 1. The molecule has 1 aromatic carbocycles. The molecule has 1 aliphatic heterocycles. The normalized spacial score (nSPS) is 16.9. The number of carbonyl (C=O) groups is 1. The number of nitrogens with zero attached hydrogens (tertiary/aromatic N) is 3. The van der Waals surface area contributed by atoms with Gasteiger partial charge in [0, 0.05) is 18.0 Å². The monoisotopic (exact) mass is 481 g/mol. The van der Waals surface area contributed by atoms with Gasteiger partial charge in [-0.2, -0.15) is 0 Å². The molecule has 1 saturated heterocycles. The summed E-state index contributed by atoms with van der Waals surface area (Å²) in [7, 11) is 0. The lowest BCUT2D eigenvalue weighted by Crippen LogP contribution is -2.39. The Morgan fingerprint density at radius 1 is 1.18 bits per heavy atom. The van der Waals surface area contributed by atoms with Gasteiger partial charge in [-0.05, 0) is 75.5 Å². The zero-order valence-electron chi connectivity index (χ0n) is 19.6. The van der Waals surface area contributed by atoms with E-state index >= 15 is 0 Å². The number of benzene rings is 1. The first-order chi connectivity index (χ1) is 15.9. The second-order valence-corrected chi connectivity index (χ2v) is 11.6. The molecule has 7 heteroatoms. The summed E-state index contributed by atoms with van der Waals surface area (Å²) in [4.78, 5) is 36.0. The number of hydrogen-bond acceptors (Lipinski definition) is 5. The zero-order chi connectivity index (χ0) is 23.1. The van der Waals surface area contributed by atoms with Crippen molar-refractivity contribution in [3.63, 3.8) is 0 Å². The Balaban J connectivity index is 1.56. The Hall–Kier alpha value is -2.12. The van der Waals surface area contributed by atoms with E-state index in [2.05, 4.69) is 19.9 Å². The number of thioether (sulfide) groups is 1. The Kier molecular flexibility index (Phi) is 6.36. The first-order valence-corrected chi connectivity index (χ1v) is 13.8. The fourth-order valence-corrected chi connectivity index (χ4v) is 7.24. The molecular formula is C26H31N3O2S2.